The van der Waals surface area contributed by atoms with Gasteiger partial charge in [-0.05, 0) is 87.3 Å². The van der Waals surface area contributed by atoms with Crippen molar-refractivity contribution >= 4 is 11.9 Å². The van der Waals surface area contributed by atoms with E-state index < -0.39 is 0 Å². The van der Waals surface area contributed by atoms with Crippen LogP contribution in [0.2, 0.25) is 0 Å². The molecule has 1 saturated heterocycles. The Balaban J connectivity index is 1.24. The Labute approximate surface area is 179 Å². The maximum atomic E-state index is 13.1. The summed E-state index contributed by atoms with van der Waals surface area (Å²) in [5.74, 6) is 1.52. The number of carbonyl (C=O) groups excluding carboxylic acids is 2. The Hall–Kier alpha value is -1.88. The SMILES string of the molecule is COC(=O)C1CCN(CC(=O)N[C@@]23C[C@H]4C[C@@H](C2)C[C@@](c2ccccc2)(C4)C3)CC1. The van der Waals surface area contributed by atoms with Crippen LogP contribution in [0.15, 0.2) is 30.3 Å². The summed E-state index contributed by atoms with van der Waals surface area (Å²) in [6.45, 7) is 2.03. The standard InChI is InChI=1S/C25H34N2O3/c1-30-23(29)20-7-9-27(10-8-20)16-22(28)26-25-14-18-11-19(15-25)13-24(12-18,17-25)21-5-3-2-4-6-21/h2-6,18-20H,7-17H2,1H3,(H,26,28)/t18-,19+,24-,25-. The number of hydrogen-bond acceptors (Lipinski definition) is 4. The smallest absolute Gasteiger partial charge is 0.308 e. The minimum absolute atomic E-state index is 0.0109. The normalized spacial score (nSPS) is 35.9. The summed E-state index contributed by atoms with van der Waals surface area (Å²) in [6.07, 6.45) is 8.86. The third-order valence-corrected chi connectivity index (χ3v) is 8.34. The Morgan fingerprint density at radius 2 is 1.73 bits per heavy atom. The van der Waals surface area contributed by atoms with Gasteiger partial charge < -0.3 is 10.1 Å². The zero-order valence-electron chi connectivity index (χ0n) is 18.1. The van der Waals surface area contributed by atoms with E-state index in [0.717, 1.165) is 57.0 Å². The molecule has 1 aliphatic heterocycles. The van der Waals surface area contributed by atoms with Crippen LogP contribution in [0.1, 0.15) is 56.9 Å². The van der Waals surface area contributed by atoms with E-state index in [4.69, 9.17) is 4.74 Å². The van der Waals surface area contributed by atoms with Crippen molar-refractivity contribution in [1.29, 1.82) is 0 Å². The summed E-state index contributed by atoms with van der Waals surface area (Å²) >= 11 is 0. The highest BCUT2D eigenvalue weighted by Crippen LogP contribution is 2.62. The van der Waals surface area contributed by atoms with E-state index in [-0.39, 0.29) is 28.7 Å². The summed E-state index contributed by atoms with van der Waals surface area (Å²) in [5.41, 5.74) is 1.70. The van der Waals surface area contributed by atoms with Gasteiger partial charge in [-0.15, -0.1) is 0 Å². The number of hydrogen-bond donors (Lipinski definition) is 1. The van der Waals surface area contributed by atoms with Gasteiger partial charge in [-0.2, -0.15) is 0 Å². The minimum Gasteiger partial charge on any atom is -0.469 e. The first-order valence-corrected chi connectivity index (χ1v) is 11.7. The van der Waals surface area contributed by atoms with Crippen molar-refractivity contribution < 1.29 is 14.3 Å². The van der Waals surface area contributed by atoms with Gasteiger partial charge in [0.1, 0.15) is 0 Å². The fourth-order valence-corrected chi connectivity index (χ4v) is 7.57. The van der Waals surface area contributed by atoms with E-state index in [1.165, 1.54) is 31.9 Å². The monoisotopic (exact) mass is 410 g/mol. The number of carbonyl (C=O) groups is 2. The van der Waals surface area contributed by atoms with Gasteiger partial charge in [-0.25, -0.2) is 0 Å². The van der Waals surface area contributed by atoms with Crippen LogP contribution in [0.25, 0.3) is 0 Å². The highest BCUT2D eigenvalue weighted by Gasteiger charge is 2.58. The number of amides is 1. The zero-order valence-corrected chi connectivity index (χ0v) is 18.1. The van der Waals surface area contributed by atoms with Gasteiger partial charge in [0, 0.05) is 5.54 Å². The van der Waals surface area contributed by atoms with Gasteiger partial charge in [-0.1, -0.05) is 30.3 Å². The van der Waals surface area contributed by atoms with E-state index >= 15 is 0 Å². The number of rotatable bonds is 5. The fraction of sp³-hybridized carbons (Fsp3) is 0.680. The maximum absolute atomic E-state index is 13.1. The number of nitrogens with one attached hydrogen (secondary N) is 1. The summed E-state index contributed by atoms with van der Waals surface area (Å²) in [7, 11) is 1.45. The Bertz CT molecular complexity index is 786. The van der Waals surface area contributed by atoms with Gasteiger partial charge >= 0.3 is 5.97 Å². The predicted molar refractivity (Wildman–Crippen MR) is 115 cm³/mol. The number of piperidine rings is 1. The molecule has 1 heterocycles. The number of likely N-dealkylation sites (tertiary alicyclic amines) is 1. The third-order valence-electron chi connectivity index (χ3n) is 8.34. The molecule has 4 aliphatic carbocycles. The highest BCUT2D eigenvalue weighted by molar-refractivity contribution is 5.79. The summed E-state index contributed by atoms with van der Waals surface area (Å²) in [5, 5.41) is 3.54. The number of methoxy groups -OCH3 is 1. The molecule has 1 aromatic carbocycles. The second kappa shape index (κ2) is 7.67. The van der Waals surface area contributed by atoms with Crippen molar-refractivity contribution in [2.24, 2.45) is 17.8 Å². The van der Waals surface area contributed by atoms with Crippen LogP contribution in [-0.2, 0) is 19.7 Å². The van der Waals surface area contributed by atoms with Crippen LogP contribution in [0.4, 0.5) is 0 Å². The van der Waals surface area contributed by atoms with Crippen molar-refractivity contribution in [1.82, 2.24) is 10.2 Å². The first kappa shape index (κ1) is 20.0. The maximum Gasteiger partial charge on any atom is 0.308 e. The molecule has 5 aliphatic rings. The van der Waals surface area contributed by atoms with Crippen molar-refractivity contribution in [3.8, 4) is 0 Å². The molecule has 1 aromatic rings. The Morgan fingerprint density at radius 3 is 2.37 bits per heavy atom. The predicted octanol–water partition coefficient (Wildman–Crippen LogP) is 3.28. The lowest BCUT2D eigenvalue weighted by Crippen LogP contribution is -2.65. The molecule has 6 rings (SSSR count). The molecule has 5 heteroatoms. The molecule has 162 valence electrons. The fourth-order valence-electron chi connectivity index (χ4n) is 7.57. The average Bonchev–Trinajstić information content (AvgIpc) is 2.73. The largest absolute Gasteiger partial charge is 0.469 e. The highest BCUT2D eigenvalue weighted by atomic mass is 16.5. The topological polar surface area (TPSA) is 58.6 Å². The van der Waals surface area contributed by atoms with Crippen molar-refractivity contribution in [2.75, 3.05) is 26.7 Å². The molecule has 4 atom stereocenters. The molecule has 4 saturated carbocycles. The lowest BCUT2D eigenvalue weighted by atomic mass is 9.45. The quantitative estimate of drug-likeness (QED) is 0.757. The molecular formula is C25H34N2O3. The van der Waals surface area contributed by atoms with Crippen LogP contribution >= 0.6 is 0 Å². The summed E-state index contributed by atoms with van der Waals surface area (Å²) < 4.78 is 4.87. The van der Waals surface area contributed by atoms with Gasteiger partial charge in [-0.3, -0.25) is 14.5 Å². The van der Waals surface area contributed by atoms with Gasteiger partial charge in [0.05, 0.1) is 19.6 Å². The minimum atomic E-state index is -0.112. The Kier molecular flexibility index (Phi) is 5.12. The van der Waals surface area contributed by atoms with E-state index in [1.54, 1.807) is 0 Å². The van der Waals surface area contributed by atoms with Crippen LogP contribution in [0, 0.1) is 17.8 Å². The van der Waals surface area contributed by atoms with Gasteiger partial charge in [0.2, 0.25) is 5.91 Å². The molecular weight excluding hydrogens is 376 g/mol. The molecule has 5 fully saturated rings. The zero-order chi connectivity index (χ0) is 20.8. The number of esters is 1. The Morgan fingerprint density at radius 1 is 1.07 bits per heavy atom. The average molecular weight is 411 g/mol. The first-order chi connectivity index (χ1) is 14.5. The molecule has 30 heavy (non-hydrogen) atoms. The van der Waals surface area contributed by atoms with Crippen LogP contribution in [-0.4, -0.2) is 49.1 Å². The third kappa shape index (κ3) is 3.66. The number of nitrogens with zero attached hydrogens (tertiary/aromatic N) is 1. The molecule has 0 radical (unpaired) electrons. The van der Waals surface area contributed by atoms with E-state index in [1.807, 2.05) is 0 Å². The van der Waals surface area contributed by atoms with E-state index in [2.05, 4.69) is 40.5 Å². The first-order valence-electron chi connectivity index (χ1n) is 11.7. The van der Waals surface area contributed by atoms with Crippen LogP contribution in [0.3, 0.4) is 0 Å². The van der Waals surface area contributed by atoms with Crippen molar-refractivity contribution in [2.45, 2.75) is 62.3 Å². The van der Waals surface area contributed by atoms with Gasteiger partial charge in [0.25, 0.3) is 0 Å². The lowest BCUT2D eigenvalue weighted by Gasteiger charge is -2.62. The molecule has 0 unspecified atom stereocenters. The lowest BCUT2D eigenvalue weighted by molar-refractivity contribution is -0.147. The molecule has 0 spiro atoms. The van der Waals surface area contributed by atoms with E-state index in [0.29, 0.717) is 6.54 Å². The molecule has 5 nitrogen and oxygen atoms in total. The molecule has 4 bridgehead atoms. The van der Waals surface area contributed by atoms with Crippen molar-refractivity contribution in [3.63, 3.8) is 0 Å². The van der Waals surface area contributed by atoms with Crippen LogP contribution in [0.5, 0.6) is 0 Å². The molecule has 1 N–H and O–H groups in total. The van der Waals surface area contributed by atoms with Crippen LogP contribution < -0.4 is 5.32 Å². The molecule has 1 amide bonds. The number of ether oxygens (including phenoxy) is 1. The van der Waals surface area contributed by atoms with E-state index in [9.17, 15) is 9.59 Å². The summed E-state index contributed by atoms with van der Waals surface area (Å²) in [4.78, 5) is 27.0. The van der Waals surface area contributed by atoms with Crippen molar-refractivity contribution in [3.05, 3.63) is 35.9 Å². The molecule has 0 aromatic heterocycles. The van der Waals surface area contributed by atoms with Gasteiger partial charge in [0.15, 0.2) is 0 Å². The summed E-state index contributed by atoms with van der Waals surface area (Å²) in [6, 6.07) is 11.0. The second-order valence-corrected chi connectivity index (χ2v) is 10.5. The number of benzene rings is 1. The second-order valence-electron chi connectivity index (χ2n) is 10.5.